The van der Waals surface area contributed by atoms with Gasteiger partial charge in [0.05, 0.1) is 0 Å². The monoisotopic (exact) mass is 327 g/mol. The Hall–Kier alpha value is -1.10. The summed E-state index contributed by atoms with van der Waals surface area (Å²) < 4.78 is 16.8. The van der Waals surface area contributed by atoms with Gasteiger partial charge in [-0.2, -0.15) is 0 Å². The Morgan fingerprint density at radius 1 is 1.38 bits per heavy atom. The molecule has 5 nitrogen and oxygen atoms in total. The van der Waals surface area contributed by atoms with Crippen molar-refractivity contribution in [3.8, 4) is 0 Å². The minimum atomic E-state index is -4.21. The predicted molar refractivity (Wildman–Crippen MR) is 82.3 cm³/mol. The fraction of sp³-hybridized carbons (Fsp3) is 0.286. The van der Waals surface area contributed by atoms with Crippen LogP contribution in [-0.2, 0) is 17.5 Å². The van der Waals surface area contributed by atoms with Gasteiger partial charge in [-0.3, -0.25) is 4.57 Å². The van der Waals surface area contributed by atoms with Crippen LogP contribution in [-0.4, -0.2) is 28.3 Å². The van der Waals surface area contributed by atoms with Crippen LogP contribution >= 0.6 is 19.2 Å². The first-order valence-corrected chi connectivity index (χ1v) is 8.57. The molecule has 0 amide bonds. The van der Waals surface area contributed by atoms with Crippen LogP contribution in [0.5, 0.6) is 0 Å². The van der Waals surface area contributed by atoms with E-state index in [0.717, 1.165) is 35.3 Å². The van der Waals surface area contributed by atoms with Crippen LogP contribution < -0.4 is 0 Å². The zero-order valence-corrected chi connectivity index (χ0v) is 13.1. The molecule has 0 fully saturated rings. The molecule has 0 atom stereocenters. The van der Waals surface area contributed by atoms with Crippen molar-refractivity contribution in [3.05, 3.63) is 39.9 Å². The molecule has 0 saturated heterocycles. The largest absolute Gasteiger partial charge is 0.456 e. The topological polar surface area (TPSA) is 73.9 Å². The molecule has 0 aliphatic carbocycles. The van der Waals surface area contributed by atoms with Crippen molar-refractivity contribution >= 4 is 36.2 Å². The molecule has 2 heterocycles. The molecule has 1 aliphatic heterocycles. The second kappa shape index (κ2) is 5.27. The molecule has 0 radical (unpaired) electrons. The maximum Gasteiger partial charge on any atom is 0.349 e. The van der Waals surface area contributed by atoms with Crippen molar-refractivity contribution in [2.45, 2.75) is 13.0 Å². The average molecular weight is 328 g/mol. The second-order valence-corrected chi connectivity index (χ2v) is 7.12. The van der Waals surface area contributed by atoms with Crippen molar-refractivity contribution in [1.29, 1.82) is 0 Å². The van der Waals surface area contributed by atoms with Crippen molar-refractivity contribution in [3.63, 3.8) is 0 Å². The molecule has 0 bridgehead atoms. The molecule has 0 spiro atoms. The molecule has 112 valence electrons. The van der Waals surface area contributed by atoms with Crippen molar-refractivity contribution < 1.29 is 18.8 Å². The van der Waals surface area contributed by atoms with Crippen LogP contribution in [0, 0.1) is 0 Å². The summed E-state index contributed by atoms with van der Waals surface area (Å²) in [5.41, 5.74) is 2.66. The minimum absolute atomic E-state index is 0.477. The molecule has 2 N–H and O–H groups in total. The molecule has 7 heteroatoms. The highest BCUT2D eigenvalue weighted by atomic mass is 35.5. The van der Waals surface area contributed by atoms with Gasteiger partial charge in [0.15, 0.2) is 0 Å². The maximum atomic E-state index is 11.0. The van der Waals surface area contributed by atoms with Crippen LogP contribution in [0.3, 0.4) is 0 Å². The van der Waals surface area contributed by atoms with E-state index in [-0.39, 0.29) is 0 Å². The number of hydrogen-bond acceptors (Lipinski definition) is 3. The average Bonchev–Trinajstić information content (AvgIpc) is 2.62. The molecular weight excluding hydrogens is 313 g/mol. The van der Waals surface area contributed by atoms with Gasteiger partial charge in [-0.25, -0.2) is 0 Å². The smallest absolute Gasteiger partial charge is 0.349 e. The van der Waals surface area contributed by atoms with Crippen LogP contribution in [0.4, 0.5) is 0 Å². The first-order valence-electron chi connectivity index (χ1n) is 6.51. The standard InChI is InChI=1S/C14H15ClNO4P/c1-16-6-4-9-11(15)2-3-13-14(9)10(8-16)12(20-13)5-7-21(17,18)19/h2-3,5,7H,4,6,8H2,1H3,(H2,17,18,19). The predicted octanol–water partition coefficient (Wildman–Crippen LogP) is 3.22. The molecule has 3 rings (SSSR count). The molecule has 1 aromatic heterocycles. The number of hydrogen-bond donors (Lipinski definition) is 2. The van der Waals surface area contributed by atoms with Crippen LogP contribution in [0.1, 0.15) is 16.9 Å². The van der Waals surface area contributed by atoms with Gasteiger partial charge in [0.2, 0.25) is 0 Å². The van der Waals surface area contributed by atoms with Gasteiger partial charge < -0.3 is 19.1 Å². The lowest BCUT2D eigenvalue weighted by atomic mass is 10.0. The zero-order chi connectivity index (χ0) is 15.2. The SMILES string of the molecule is CN1CCc2c(Cl)ccc3oc(C=CP(=O)(O)O)c(c23)C1. The van der Waals surface area contributed by atoms with E-state index in [0.29, 0.717) is 22.9 Å². The summed E-state index contributed by atoms with van der Waals surface area (Å²) in [5.74, 6) is 1.35. The summed E-state index contributed by atoms with van der Waals surface area (Å²) in [5, 5.41) is 1.67. The van der Waals surface area contributed by atoms with Crippen LogP contribution in [0.15, 0.2) is 22.4 Å². The number of likely N-dealkylation sites (N-methyl/N-ethyl adjacent to an activating group) is 1. The molecule has 0 unspecified atom stereocenters. The maximum absolute atomic E-state index is 11.0. The van der Waals surface area contributed by atoms with E-state index in [1.54, 1.807) is 12.1 Å². The van der Waals surface area contributed by atoms with Gasteiger partial charge in [0, 0.05) is 34.9 Å². The summed E-state index contributed by atoms with van der Waals surface area (Å²) >= 11 is 6.29. The Bertz CT molecular complexity index is 777. The van der Waals surface area contributed by atoms with Crippen LogP contribution in [0.2, 0.25) is 5.02 Å². The summed E-state index contributed by atoms with van der Waals surface area (Å²) in [6.07, 6.45) is 2.17. The first kappa shape index (κ1) is 14.8. The summed E-state index contributed by atoms with van der Waals surface area (Å²) in [7, 11) is -2.22. The normalized spacial score (nSPS) is 16.8. The Morgan fingerprint density at radius 3 is 2.86 bits per heavy atom. The van der Waals surface area contributed by atoms with E-state index >= 15 is 0 Å². The van der Waals surface area contributed by atoms with Gasteiger partial charge in [-0.05, 0) is 37.2 Å². The number of nitrogens with zero attached hydrogens (tertiary/aromatic N) is 1. The third kappa shape index (κ3) is 2.93. The highest BCUT2D eigenvalue weighted by molar-refractivity contribution is 7.55. The Balaban J connectivity index is 2.23. The van der Waals surface area contributed by atoms with Gasteiger partial charge >= 0.3 is 7.60 Å². The fourth-order valence-electron chi connectivity index (χ4n) is 2.67. The molecule has 2 aromatic rings. The minimum Gasteiger partial charge on any atom is -0.456 e. The van der Waals surface area contributed by atoms with Gasteiger partial charge in [-0.15, -0.1) is 0 Å². The lowest BCUT2D eigenvalue weighted by molar-refractivity contribution is 0.334. The lowest BCUT2D eigenvalue weighted by Gasteiger charge is -2.12. The summed E-state index contributed by atoms with van der Waals surface area (Å²) in [6, 6.07) is 3.60. The van der Waals surface area contributed by atoms with E-state index in [2.05, 4.69) is 4.90 Å². The van der Waals surface area contributed by atoms with E-state index in [4.69, 9.17) is 25.8 Å². The molecular formula is C14H15ClNO4P. The molecule has 0 saturated carbocycles. The quantitative estimate of drug-likeness (QED) is 0.828. The first-order chi connectivity index (χ1) is 9.85. The van der Waals surface area contributed by atoms with Gasteiger partial charge in [0.25, 0.3) is 0 Å². The van der Waals surface area contributed by atoms with Crippen molar-refractivity contribution in [1.82, 2.24) is 4.90 Å². The van der Waals surface area contributed by atoms with E-state index in [1.807, 2.05) is 7.05 Å². The lowest BCUT2D eigenvalue weighted by Crippen LogP contribution is -2.18. The molecule has 21 heavy (non-hydrogen) atoms. The zero-order valence-electron chi connectivity index (χ0n) is 11.4. The Kier molecular flexibility index (Phi) is 3.72. The van der Waals surface area contributed by atoms with Crippen LogP contribution in [0.25, 0.3) is 17.0 Å². The molecule has 1 aromatic carbocycles. The Labute approximate surface area is 127 Å². The van der Waals surface area contributed by atoms with E-state index < -0.39 is 7.60 Å². The number of rotatable bonds is 2. The third-order valence-corrected chi connectivity index (χ3v) is 4.52. The van der Waals surface area contributed by atoms with E-state index in [1.165, 1.54) is 6.08 Å². The third-order valence-electron chi connectivity index (χ3n) is 3.63. The van der Waals surface area contributed by atoms with Gasteiger partial charge in [0.1, 0.15) is 11.3 Å². The number of halogens is 1. The Morgan fingerprint density at radius 2 is 2.14 bits per heavy atom. The van der Waals surface area contributed by atoms with Gasteiger partial charge in [-0.1, -0.05) is 11.6 Å². The highest BCUT2D eigenvalue weighted by Gasteiger charge is 2.22. The van der Waals surface area contributed by atoms with Crippen molar-refractivity contribution in [2.75, 3.05) is 13.6 Å². The highest BCUT2D eigenvalue weighted by Crippen LogP contribution is 2.40. The van der Waals surface area contributed by atoms with E-state index in [9.17, 15) is 4.57 Å². The summed E-state index contributed by atoms with van der Waals surface area (Å²) in [4.78, 5) is 20.1. The summed E-state index contributed by atoms with van der Waals surface area (Å²) in [6.45, 7) is 1.52. The second-order valence-electron chi connectivity index (χ2n) is 5.24. The molecule has 1 aliphatic rings. The number of benzene rings is 1. The fourth-order valence-corrected chi connectivity index (χ4v) is 3.25. The number of furan rings is 1. The van der Waals surface area contributed by atoms with Crippen molar-refractivity contribution in [2.24, 2.45) is 0 Å².